The normalized spacial score (nSPS) is 11.8. The van der Waals surface area contributed by atoms with Gasteiger partial charge in [-0.2, -0.15) is 0 Å². The molecule has 7 heteroatoms. The molecule has 0 fully saturated rings. The lowest BCUT2D eigenvalue weighted by molar-refractivity contribution is -0.127. The lowest BCUT2D eigenvalue weighted by atomic mass is 10.2. The number of aromatic nitrogens is 1. The van der Waals surface area contributed by atoms with E-state index < -0.39 is 0 Å². The molecule has 7 nitrogen and oxygen atoms in total. The highest BCUT2D eigenvalue weighted by atomic mass is 16.5. The highest BCUT2D eigenvalue weighted by molar-refractivity contribution is 5.86. The number of hydrogen-bond acceptors (Lipinski definition) is 4. The van der Waals surface area contributed by atoms with Crippen molar-refractivity contribution < 1.29 is 9.53 Å². The molecule has 1 amide bonds. The fourth-order valence-corrected chi connectivity index (χ4v) is 1.78. The first-order chi connectivity index (χ1) is 11.7. The van der Waals surface area contributed by atoms with Crippen LogP contribution in [0.4, 0.5) is 0 Å². The maximum absolute atomic E-state index is 11.7. The van der Waals surface area contributed by atoms with E-state index in [9.17, 15) is 4.79 Å². The molecule has 0 saturated carbocycles. The standard InChI is InChI=1S/C18H31N5O2/c1-7-10-19-17(22-13-16(24)23(5)6)21-12-14-8-9-15(20-11-14)25-18(2,3)4/h8-9,11H,7,10,12-13H2,1-6H3,(H2,19,21,22). The Morgan fingerprint density at radius 2 is 2.00 bits per heavy atom. The van der Waals surface area contributed by atoms with E-state index in [1.165, 1.54) is 0 Å². The molecule has 25 heavy (non-hydrogen) atoms. The maximum atomic E-state index is 11.7. The smallest absolute Gasteiger partial charge is 0.241 e. The number of ether oxygens (including phenoxy) is 1. The van der Waals surface area contributed by atoms with Gasteiger partial charge in [0.1, 0.15) is 5.60 Å². The first-order valence-electron chi connectivity index (χ1n) is 8.57. The number of rotatable bonds is 7. The molecule has 0 saturated heterocycles. The number of hydrogen-bond donors (Lipinski definition) is 2. The third-order valence-electron chi connectivity index (χ3n) is 3.08. The van der Waals surface area contributed by atoms with Crippen molar-refractivity contribution in [3.63, 3.8) is 0 Å². The molecular formula is C18H31N5O2. The Morgan fingerprint density at radius 3 is 2.52 bits per heavy atom. The van der Waals surface area contributed by atoms with Crippen molar-refractivity contribution in [3.8, 4) is 5.88 Å². The molecule has 0 aromatic carbocycles. The summed E-state index contributed by atoms with van der Waals surface area (Å²) in [6.07, 6.45) is 2.73. The summed E-state index contributed by atoms with van der Waals surface area (Å²) < 4.78 is 5.71. The molecule has 0 bridgehead atoms. The van der Waals surface area contributed by atoms with Crippen molar-refractivity contribution in [3.05, 3.63) is 23.9 Å². The van der Waals surface area contributed by atoms with E-state index in [1.54, 1.807) is 25.2 Å². The predicted molar refractivity (Wildman–Crippen MR) is 101 cm³/mol. The Kier molecular flexibility index (Phi) is 8.18. The maximum Gasteiger partial charge on any atom is 0.241 e. The van der Waals surface area contributed by atoms with E-state index in [1.807, 2.05) is 32.9 Å². The van der Waals surface area contributed by atoms with Gasteiger partial charge in [0.2, 0.25) is 11.8 Å². The summed E-state index contributed by atoms with van der Waals surface area (Å²) >= 11 is 0. The van der Waals surface area contributed by atoms with Gasteiger partial charge in [0, 0.05) is 32.9 Å². The van der Waals surface area contributed by atoms with Gasteiger partial charge in [-0.25, -0.2) is 9.98 Å². The van der Waals surface area contributed by atoms with Crippen molar-refractivity contribution in [2.45, 2.75) is 46.3 Å². The van der Waals surface area contributed by atoms with Crippen LogP contribution in [-0.4, -0.2) is 54.5 Å². The van der Waals surface area contributed by atoms with Gasteiger partial charge in [0.15, 0.2) is 5.96 Å². The number of likely N-dealkylation sites (N-methyl/N-ethyl adjacent to an activating group) is 1. The number of aliphatic imine (C=N–C) groups is 1. The van der Waals surface area contributed by atoms with Crippen molar-refractivity contribution in [2.24, 2.45) is 4.99 Å². The van der Waals surface area contributed by atoms with Gasteiger partial charge in [-0.15, -0.1) is 0 Å². The molecule has 0 aliphatic carbocycles. The third kappa shape index (κ3) is 8.93. The topological polar surface area (TPSA) is 78.9 Å². The van der Waals surface area contributed by atoms with Gasteiger partial charge in [-0.3, -0.25) is 4.79 Å². The summed E-state index contributed by atoms with van der Waals surface area (Å²) in [4.78, 5) is 22.1. The quantitative estimate of drug-likeness (QED) is 0.580. The molecule has 0 radical (unpaired) electrons. The zero-order valence-corrected chi connectivity index (χ0v) is 16.2. The second-order valence-electron chi connectivity index (χ2n) is 6.95. The molecule has 1 rings (SSSR count). The van der Waals surface area contributed by atoms with Crippen molar-refractivity contribution in [1.82, 2.24) is 20.5 Å². The van der Waals surface area contributed by atoms with E-state index >= 15 is 0 Å². The minimum Gasteiger partial charge on any atom is -0.472 e. The van der Waals surface area contributed by atoms with Crippen LogP contribution in [0.25, 0.3) is 0 Å². The van der Waals surface area contributed by atoms with Crippen LogP contribution in [0, 0.1) is 0 Å². The Morgan fingerprint density at radius 1 is 1.28 bits per heavy atom. The summed E-state index contributed by atoms with van der Waals surface area (Å²) in [5.74, 6) is 1.21. The van der Waals surface area contributed by atoms with E-state index in [-0.39, 0.29) is 18.1 Å². The molecule has 0 unspecified atom stereocenters. The van der Waals surface area contributed by atoms with E-state index in [4.69, 9.17) is 4.74 Å². The second-order valence-corrected chi connectivity index (χ2v) is 6.95. The van der Waals surface area contributed by atoms with Crippen molar-refractivity contribution in [1.29, 1.82) is 0 Å². The monoisotopic (exact) mass is 349 g/mol. The van der Waals surface area contributed by atoms with Crippen LogP contribution in [0.1, 0.15) is 39.7 Å². The van der Waals surface area contributed by atoms with E-state index in [0.29, 0.717) is 18.4 Å². The van der Waals surface area contributed by atoms with Crippen LogP contribution in [0.5, 0.6) is 5.88 Å². The zero-order chi connectivity index (χ0) is 18.9. The van der Waals surface area contributed by atoms with Crippen molar-refractivity contribution in [2.75, 3.05) is 27.2 Å². The molecule has 0 atom stereocenters. The Hall–Kier alpha value is -2.31. The Balaban J connectivity index is 2.66. The van der Waals surface area contributed by atoms with E-state index in [2.05, 4.69) is 27.5 Å². The first-order valence-corrected chi connectivity index (χ1v) is 8.57. The molecule has 2 N–H and O–H groups in total. The predicted octanol–water partition coefficient (Wildman–Crippen LogP) is 1.79. The van der Waals surface area contributed by atoms with Gasteiger partial charge in [-0.05, 0) is 32.8 Å². The Bertz CT molecular complexity index is 562. The summed E-state index contributed by atoms with van der Waals surface area (Å²) in [5, 5.41) is 6.25. The summed E-state index contributed by atoms with van der Waals surface area (Å²) in [7, 11) is 3.46. The zero-order valence-electron chi connectivity index (χ0n) is 16.2. The molecule has 0 aliphatic heterocycles. The van der Waals surface area contributed by atoms with Gasteiger partial charge < -0.3 is 20.3 Å². The Labute approximate surface area is 150 Å². The van der Waals surface area contributed by atoms with Crippen molar-refractivity contribution >= 4 is 11.9 Å². The number of carbonyl (C=O) groups excluding carboxylic acids is 1. The summed E-state index contributed by atoms with van der Waals surface area (Å²) in [6, 6.07) is 3.79. The number of guanidine groups is 1. The minimum absolute atomic E-state index is 0.00338. The van der Waals surface area contributed by atoms with Gasteiger partial charge in [0.25, 0.3) is 0 Å². The number of carbonyl (C=O) groups is 1. The van der Waals surface area contributed by atoms with Crippen LogP contribution in [-0.2, 0) is 11.3 Å². The fraction of sp³-hybridized carbons (Fsp3) is 0.611. The van der Waals surface area contributed by atoms with Crippen LogP contribution in [0.3, 0.4) is 0 Å². The SMILES string of the molecule is CCCNC(=NCc1ccc(OC(C)(C)C)nc1)NCC(=O)N(C)C. The van der Waals surface area contributed by atoms with Crippen LogP contribution in [0.2, 0.25) is 0 Å². The molecular weight excluding hydrogens is 318 g/mol. The molecule has 1 aromatic heterocycles. The van der Waals surface area contributed by atoms with Gasteiger partial charge >= 0.3 is 0 Å². The highest BCUT2D eigenvalue weighted by Gasteiger charge is 2.12. The largest absolute Gasteiger partial charge is 0.472 e. The van der Waals surface area contributed by atoms with Crippen LogP contribution in [0.15, 0.2) is 23.3 Å². The molecule has 0 aliphatic rings. The lowest BCUT2D eigenvalue weighted by Crippen LogP contribution is -2.43. The first kappa shape index (κ1) is 20.7. The molecule has 1 heterocycles. The summed E-state index contributed by atoms with van der Waals surface area (Å²) in [5.41, 5.74) is 0.699. The molecule has 140 valence electrons. The van der Waals surface area contributed by atoms with Crippen LogP contribution < -0.4 is 15.4 Å². The van der Waals surface area contributed by atoms with Crippen LogP contribution >= 0.6 is 0 Å². The number of pyridine rings is 1. The number of nitrogens with one attached hydrogen (secondary N) is 2. The lowest BCUT2D eigenvalue weighted by Gasteiger charge is -2.20. The average Bonchev–Trinajstić information content (AvgIpc) is 2.53. The molecule has 1 aromatic rings. The number of nitrogens with zero attached hydrogens (tertiary/aromatic N) is 3. The van der Waals surface area contributed by atoms with E-state index in [0.717, 1.165) is 18.5 Å². The molecule has 0 spiro atoms. The number of amides is 1. The summed E-state index contributed by atoms with van der Waals surface area (Å²) in [6.45, 7) is 9.50. The van der Waals surface area contributed by atoms with Gasteiger partial charge in [-0.1, -0.05) is 13.0 Å². The third-order valence-corrected chi connectivity index (χ3v) is 3.08. The fourth-order valence-electron chi connectivity index (χ4n) is 1.78. The second kappa shape index (κ2) is 9.86. The van der Waals surface area contributed by atoms with Gasteiger partial charge in [0.05, 0.1) is 13.1 Å². The average molecular weight is 349 g/mol. The highest BCUT2D eigenvalue weighted by Crippen LogP contribution is 2.15. The minimum atomic E-state index is -0.271.